The molecular formula is C26H36N4O6. The second kappa shape index (κ2) is 12.2. The van der Waals surface area contributed by atoms with Crippen LogP contribution in [0.4, 0.5) is 0 Å². The van der Waals surface area contributed by atoms with Crippen molar-refractivity contribution in [3.8, 4) is 0 Å². The second-order valence-electron chi connectivity index (χ2n) is 9.94. The minimum absolute atomic E-state index is 0.0279. The third kappa shape index (κ3) is 6.55. The molecule has 3 rings (SSSR count). The van der Waals surface area contributed by atoms with Crippen LogP contribution < -0.4 is 16.4 Å². The van der Waals surface area contributed by atoms with Crippen molar-refractivity contribution in [1.29, 1.82) is 0 Å². The molecule has 1 spiro atoms. The summed E-state index contributed by atoms with van der Waals surface area (Å²) in [6.07, 6.45) is 6.63. The first-order valence-corrected chi connectivity index (χ1v) is 12.6. The Hall–Kier alpha value is -3.11. The third-order valence-corrected chi connectivity index (χ3v) is 7.22. The zero-order valence-corrected chi connectivity index (χ0v) is 20.7. The van der Waals surface area contributed by atoms with Gasteiger partial charge < -0.3 is 21.5 Å². The van der Waals surface area contributed by atoms with E-state index in [2.05, 4.69) is 10.6 Å². The molecule has 0 bridgehead atoms. The number of hydrogen-bond donors (Lipinski definition) is 4. The molecule has 2 aliphatic rings. The number of imide groups is 1. The quantitative estimate of drug-likeness (QED) is 0.350. The number of carboxylic acid groups (broad SMARTS) is 1. The van der Waals surface area contributed by atoms with Crippen molar-refractivity contribution in [1.82, 2.24) is 15.5 Å². The van der Waals surface area contributed by atoms with Crippen molar-refractivity contribution in [3.05, 3.63) is 35.9 Å². The number of carboxylic acids is 1. The molecule has 10 nitrogen and oxygen atoms in total. The van der Waals surface area contributed by atoms with E-state index in [0.29, 0.717) is 29.8 Å². The molecule has 3 atom stereocenters. The van der Waals surface area contributed by atoms with Crippen LogP contribution in [0.15, 0.2) is 30.3 Å². The molecule has 5 N–H and O–H groups in total. The van der Waals surface area contributed by atoms with Gasteiger partial charge in [-0.25, -0.2) is 4.79 Å². The van der Waals surface area contributed by atoms with Gasteiger partial charge in [0.25, 0.3) is 5.91 Å². The number of aliphatic carboxylic acids is 1. The fourth-order valence-electron chi connectivity index (χ4n) is 5.23. The average Bonchev–Trinajstić information content (AvgIpc) is 3.28. The van der Waals surface area contributed by atoms with Crippen LogP contribution in [0.2, 0.25) is 0 Å². The SMILES string of the molecule is CCCC(N)C(=O)C(=O)N(CC(=O)NC(C(=O)O)c1ccccc1)C(=O)C1CC2(CCCCC2)CN1. The molecule has 10 heteroatoms. The van der Waals surface area contributed by atoms with Gasteiger partial charge in [0, 0.05) is 6.54 Å². The largest absolute Gasteiger partial charge is 0.479 e. The van der Waals surface area contributed by atoms with Crippen molar-refractivity contribution in [2.45, 2.75) is 76.4 Å². The molecule has 1 aliphatic heterocycles. The van der Waals surface area contributed by atoms with Gasteiger partial charge in [0.2, 0.25) is 17.6 Å². The van der Waals surface area contributed by atoms with Crippen molar-refractivity contribution in [3.63, 3.8) is 0 Å². The number of carbonyl (C=O) groups excluding carboxylic acids is 4. The summed E-state index contributed by atoms with van der Waals surface area (Å²) in [6, 6.07) is 4.91. The predicted molar refractivity (Wildman–Crippen MR) is 131 cm³/mol. The lowest BCUT2D eigenvalue weighted by Gasteiger charge is -2.32. The second-order valence-corrected chi connectivity index (χ2v) is 9.94. The summed E-state index contributed by atoms with van der Waals surface area (Å²) >= 11 is 0. The van der Waals surface area contributed by atoms with Crippen LogP contribution in [-0.2, 0) is 24.0 Å². The van der Waals surface area contributed by atoms with Crippen LogP contribution >= 0.6 is 0 Å². The molecule has 196 valence electrons. The van der Waals surface area contributed by atoms with Gasteiger partial charge in [0.05, 0.1) is 12.1 Å². The van der Waals surface area contributed by atoms with Crippen molar-refractivity contribution < 1.29 is 29.1 Å². The van der Waals surface area contributed by atoms with Crippen LogP contribution in [-0.4, -0.2) is 64.7 Å². The van der Waals surface area contributed by atoms with Gasteiger partial charge in [-0.05, 0) is 36.7 Å². The Balaban J connectivity index is 1.78. The van der Waals surface area contributed by atoms with Crippen molar-refractivity contribution in [2.75, 3.05) is 13.1 Å². The number of nitrogens with zero attached hydrogens (tertiary/aromatic N) is 1. The van der Waals surface area contributed by atoms with Crippen LogP contribution in [0.25, 0.3) is 0 Å². The molecule has 1 aromatic carbocycles. The maximum absolute atomic E-state index is 13.5. The van der Waals surface area contributed by atoms with E-state index >= 15 is 0 Å². The van der Waals surface area contributed by atoms with Gasteiger partial charge in [0.1, 0.15) is 6.54 Å². The number of hydrogen-bond acceptors (Lipinski definition) is 7. The highest BCUT2D eigenvalue weighted by Gasteiger charge is 2.45. The van der Waals surface area contributed by atoms with Gasteiger partial charge in [-0.3, -0.25) is 24.1 Å². The molecule has 3 amide bonds. The number of ketones is 1. The van der Waals surface area contributed by atoms with E-state index in [1.54, 1.807) is 30.3 Å². The number of carbonyl (C=O) groups is 5. The molecule has 1 saturated heterocycles. The Labute approximate surface area is 211 Å². The van der Waals surface area contributed by atoms with Crippen LogP contribution in [0.5, 0.6) is 0 Å². The van der Waals surface area contributed by atoms with Gasteiger partial charge in [-0.15, -0.1) is 0 Å². The summed E-state index contributed by atoms with van der Waals surface area (Å²) in [5, 5.41) is 15.2. The van der Waals surface area contributed by atoms with Crippen LogP contribution in [0.1, 0.15) is 69.9 Å². The minimum atomic E-state index is -1.38. The maximum atomic E-state index is 13.5. The zero-order chi connectivity index (χ0) is 26.3. The summed E-state index contributed by atoms with van der Waals surface area (Å²) in [5.74, 6) is -4.91. The molecular weight excluding hydrogens is 464 g/mol. The lowest BCUT2D eigenvalue weighted by atomic mass is 9.72. The summed E-state index contributed by atoms with van der Waals surface area (Å²) in [4.78, 5) is 64.6. The number of rotatable bonds is 10. The first-order valence-electron chi connectivity index (χ1n) is 12.6. The van der Waals surface area contributed by atoms with E-state index in [9.17, 15) is 29.1 Å². The Morgan fingerprint density at radius 1 is 1.14 bits per heavy atom. The number of nitrogens with one attached hydrogen (secondary N) is 2. The predicted octanol–water partition coefficient (Wildman–Crippen LogP) is 1.29. The van der Waals surface area contributed by atoms with E-state index in [0.717, 1.165) is 32.1 Å². The molecule has 2 fully saturated rings. The standard InChI is InChI=1S/C26H36N4O6/c1-2-9-18(27)22(32)24(34)30(23(33)19-14-26(16-28-19)12-7-4-8-13-26)15-20(31)29-21(25(35)36)17-10-5-3-6-11-17/h3,5-6,10-11,18-19,21,28H,2,4,7-9,12-16,27H2,1H3,(H,29,31)(H,35,36). The molecule has 1 saturated carbocycles. The van der Waals surface area contributed by atoms with Gasteiger partial charge in [-0.2, -0.15) is 0 Å². The smallest absolute Gasteiger partial charge is 0.330 e. The summed E-state index contributed by atoms with van der Waals surface area (Å²) in [6.45, 7) is 1.68. The van der Waals surface area contributed by atoms with Gasteiger partial charge in [0.15, 0.2) is 6.04 Å². The minimum Gasteiger partial charge on any atom is -0.479 e. The first-order chi connectivity index (χ1) is 17.2. The molecule has 36 heavy (non-hydrogen) atoms. The summed E-state index contributed by atoms with van der Waals surface area (Å²) in [7, 11) is 0. The Morgan fingerprint density at radius 3 is 2.42 bits per heavy atom. The van der Waals surface area contributed by atoms with E-state index in [4.69, 9.17) is 5.73 Å². The van der Waals surface area contributed by atoms with Crippen LogP contribution in [0.3, 0.4) is 0 Å². The van der Waals surface area contributed by atoms with Gasteiger partial charge in [-0.1, -0.05) is 62.9 Å². The highest BCUT2D eigenvalue weighted by Crippen LogP contribution is 2.43. The Bertz CT molecular complexity index is 976. The number of nitrogens with two attached hydrogens (primary N) is 1. The molecule has 1 heterocycles. The zero-order valence-electron chi connectivity index (χ0n) is 20.7. The lowest BCUT2D eigenvalue weighted by Crippen LogP contribution is -2.55. The number of Topliss-reactive ketones (excluding diaryl/α,β-unsaturated/α-hetero) is 1. The van der Waals surface area contributed by atoms with E-state index in [1.165, 1.54) is 0 Å². The average molecular weight is 501 g/mol. The number of benzene rings is 1. The normalized spacial score (nSPS) is 20.3. The molecule has 0 aromatic heterocycles. The van der Waals surface area contributed by atoms with Crippen molar-refractivity contribution >= 4 is 29.5 Å². The number of amides is 3. The lowest BCUT2D eigenvalue weighted by molar-refractivity contribution is -0.155. The third-order valence-electron chi connectivity index (χ3n) is 7.22. The molecule has 0 radical (unpaired) electrons. The topological polar surface area (TPSA) is 159 Å². The van der Waals surface area contributed by atoms with E-state index < -0.39 is 54.1 Å². The molecule has 1 aliphatic carbocycles. The first kappa shape index (κ1) is 27.5. The Kier molecular flexibility index (Phi) is 9.33. The maximum Gasteiger partial charge on any atom is 0.330 e. The summed E-state index contributed by atoms with van der Waals surface area (Å²) in [5.41, 5.74) is 6.16. The monoisotopic (exact) mass is 500 g/mol. The molecule has 1 aromatic rings. The Morgan fingerprint density at radius 2 is 1.81 bits per heavy atom. The highest BCUT2D eigenvalue weighted by molar-refractivity contribution is 6.40. The van der Waals surface area contributed by atoms with Gasteiger partial charge >= 0.3 is 5.97 Å². The molecule has 3 unspecified atom stereocenters. The summed E-state index contributed by atoms with van der Waals surface area (Å²) < 4.78 is 0. The van der Waals surface area contributed by atoms with Crippen LogP contribution in [0, 0.1) is 5.41 Å². The fraction of sp³-hybridized carbons (Fsp3) is 0.577. The highest BCUT2D eigenvalue weighted by atomic mass is 16.4. The van der Waals surface area contributed by atoms with Crippen molar-refractivity contribution in [2.24, 2.45) is 11.1 Å². The van der Waals surface area contributed by atoms with E-state index in [-0.39, 0.29) is 11.8 Å². The fourth-order valence-corrected chi connectivity index (χ4v) is 5.23. The van der Waals surface area contributed by atoms with E-state index in [1.807, 2.05) is 6.92 Å².